The Balaban J connectivity index is 2.25. The van der Waals surface area contributed by atoms with E-state index in [1.54, 1.807) is 0 Å². The third kappa shape index (κ3) is 3.31. The molecule has 2 aromatic rings. The van der Waals surface area contributed by atoms with Crippen LogP contribution in [0.2, 0.25) is 0 Å². The van der Waals surface area contributed by atoms with Crippen molar-refractivity contribution in [1.82, 2.24) is 5.32 Å². The average molecular weight is 257 g/mol. The predicted octanol–water partition coefficient (Wildman–Crippen LogP) is 1.75. The van der Waals surface area contributed by atoms with Crippen molar-refractivity contribution >= 4 is 25.9 Å². The number of thiol groups is 1. The lowest BCUT2D eigenvalue weighted by atomic mass is 9.97. The Kier molecular flexibility index (Phi) is 4.34. The molecule has 0 heterocycles. The van der Waals surface area contributed by atoms with E-state index in [0.717, 1.165) is 28.5 Å². The average Bonchev–Trinajstić information content (AvgIpc) is 2.36. The predicted molar refractivity (Wildman–Crippen MR) is 81.2 cm³/mol. The largest absolute Gasteiger partial charge is 0.457 e. The fourth-order valence-electron chi connectivity index (χ4n) is 1.73. The zero-order valence-electron chi connectivity index (χ0n) is 10.6. The van der Waals surface area contributed by atoms with Gasteiger partial charge in [-0.25, -0.2) is 0 Å². The van der Waals surface area contributed by atoms with E-state index in [0.29, 0.717) is 0 Å². The molecule has 0 radical (unpaired) electrons. The standard InChI is InChI=1S/C14H16BNOS/c1-16-9-10-8-13(18)6-7-14(10)17-12-4-2-11(15)3-5-12/h2-8,16,18H,9,15H2,1H3. The SMILES string of the molecule is Bc1ccc(Oc2ccc(S)cc2CNC)cc1. The highest BCUT2D eigenvalue weighted by Gasteiger charge is 2.05. The van der Waals surface area contributed by atoms with Crippen molar-refractivity contribution in [2.45, 2.75) is 11.4 Å². The maximum Gasteiger partial charge on any atom is 0.139 e. The Morgan fingerprint density at radius 3 is 2.56 bits per heavy atom. The Morgan fingerprint density at radius 2 is 1.89 bits per heavy atom. The highest BCUT2D eigenvalue weighted by Crippen LogP contribution is 2.26. The van der Waals surface area contributed by atoms with Gasteiger partial charge in [-0.2, -0.15) is 0 Å². The molecular formula is C14H16BNOS. The lowest BCUT2D eigenvalue weighted by Crippen LogP contribution is -2.06. The van der Waals surface area contributed by atoms with E-state index in [1.807, 2.05) is 49.5 Å². The van der Waals surface area contributed by atoms with Crippen molar-refractivity contribution in [3.8, 4) is 11.5 Å². The van der Waals surface area contributed by atoms with Gasteiger partial charge in [0.05, 0.1) is 0 Å². The molecule has 0 spiro atoms. The normalized spacial score (nSPS) is 10.3. The van der Waals surface area contributed by atoms with E-state index in [2.05, 4.69) is 25.8 Å². The van der Waals surface area contributed by atoms with Crippen molar-refractivity contribution < 1.29 is 4.74 Å². The molecule has 0 aliphatic rings. The highest BCUT2D eigenvalue weighted by molar-refractivity contribution is 7.80. The first-order chi connectivity index (χ1) is 8.69. The smallest absolute Gasteiger partial charge is 0.139 e. The van der Waals surface area contributed by atoms with Gasteiger partial charge in [0.1, 0.15) is 19.3 Å². The number of nitrogens with one attached hydrogen (secondary N) is 1. The van der Waals surface area contributed by atoms with Crippen LogP contribution in [0.4, 0.5) is 0 Å². The molecule has 2 nitrogen and oxygen atoms in total. The lowest BCUT2D eigenvalue weighted by Gasteiger charge is -2.11. The molecular weight excluding hydrogens is 241 g/mol. The minimum absolute atomic E-state index is 0.760. The van der Waals surface area contributed by atoms with Crippen molar-refractivity contribution in [1.29, 1.82) is 0 Å². The third-order valence-electron chi connectivity index (χ3n) is 2.66. The first-order valence-electron chi connectivity index (χ1n) is 5.90. The van der Waals surface area contributed by atoms with Gasteiger partial charge in [0, 0.05) is 17.0 Å². The summed E-state index contributed by atoms with van der Waals surface area (Å²) in [5.41, 5.74) is 2.33. The van der Waals surface area contributed by atoms with Gasteiger partial charge in [-0.1, -0.05) is 17.6 Å². The van der Waals surface area contributed by atoms with Crippen LogP contribution in [-0.2, 0) is 6.54 Å². The van der Waals surface area contributed by atoms with Crippen molar-refractivity contribution in [3.63, 3.8) is 0 Å². The number of hydrogen-bond acceptors (Lipinski definition) is 3. The van der Waals surface area contributed by atoms with Crippen LogP contribution in [-0.4, -0.2) is 14.9 Å². The number of hydrogen-bond donors (Lipinski definition) is 2. The molecule has 1 N–H and O–H groups in total. The summed E-state index contributed by atoms with van der Waals surface area (Å²) in [6.45, 7) is 0.760. The molecule has 2 aromatic carbocycles. The van der Waals surface area contributed by atoms with Gasteiger partial charge in [0.15, 0.2) is 0 Å². The van der Waals surface area contributed by atoms with Crippen LogP contribution in [0.1, 0.15) is 5.56 Å². The fourth-order valence-corrected chi connectivity index (χ4v) is 1.96. The van der Waals surface area contributed by atoms with E-state index < -0.39 is 0 Å². The van der Waals surface area contributed by atoms with E-state index in [9.17, 15) is 0 Å². The van der Waals surface area contributed by atoms with Gasteiger partial charge >= 0.3 is 0 Å². The summed E-state index contributed by atoms with van der Waals surface area (Å²) in [6.07, 6.45) is 0. The first kappa shape index (κ1) is 13.1. The van der Waals surface area contributed by atoms with Gasteiger partial charge in [-0.3, -0.25) is 0 Å². The summed E-state index contributed by atoms with van der Waals surface area (Å²) in [6, 6.07) is 13.9. The number of ether oxygens (including phenoxy) is 1. The Hall–Kier alpha value is -1.39. The van der Waals surface area contributed by atoms with E-state index in [4.69, 9.17) is 4.74 Å². The molecule has 0 saturated heterocycles. The van der Waals surface area contributed by atoms with Crippen LogP contribution in [0.5, 0.6) is 11.5 Å². The van der Waals surface area contributed by atoms with Crippen LogP contribution in [0, 0.1) is 0 Å². The molecule has 0 aliphatic heterocycles. The Bertz CT molecular complexity index is 528. The summed E-state index contributed by atoms with van der Waals surface area (Å²) < 4.78 is 5.90. The topological polar surface area (TPSA) is 21.3 Å². The fraction of sp³-hybridized carbons (Fsp3) is 0.143. The number of benzene rings is 2. The Labute approximate surface area is 114 Å². The summed E-state index contributed by atoms with van der Waals surface area (Å²) in [4.78, 5) is 0.941. The zero-order valence-corrected chi connectivity index (χ0v) is 11.5. The zero-order chi connectivity index (χ0) is 13.0. The van der Waals surface area contributed by atoms with Crippen LogP contribution in [0.25, 0.3) is 0 Å². The molecule has 0 aromatic heterocycles. The molecule has 0 aliphatic carbocycles. The van der Waals surface area contributed by atoms with E-state index in [-0.39, 0.29) is 0 Å². The van der Waals surface area contributed by atoms with Crippen molar-refractivity contribution in [2.75, 3.05) is 7.05 Å². The lowest BCUT2D eigenvalue weighted by molar-refractivity contribution is 0.474. The van der Waals surface area contributed by atoms with Gasteiger partial charge in [-0.15, -0.1) is 12.6 Å². The summed E-state index contributed by atoms with van der Waals surface area (Å²) in [7, 11) is 3.98. The van der Waals surface area contributed by atoms with Crippen LogP contribution >= 0.6 is 12.6 Å². The van der Waals surface area contributed by atoms with Gasteiger partial charge < -0.3 is 10.1 Å². The first-order valence-corrected chi connectivity index (χ1v) is 6.35. The molecule has 2 rings (SSSR count). The van der Waals surface area contributed by atoms with E-state index in [1.165, 1.54) is 5.46 Å². The maximum atomic E-state index is 5.90. The van der Waals surface area contributed by atoms with Gasteiger partial charge in [0.2, 0.25) is 0 Å². The molecule has 0 unspecified atom stereocenters. The third-order valence-corrected chi connectivity index (χ3v) is 2.94. The van der Waals surface area contributed by atoms with Crippen LogP contribution < -0.4 is 15.5 Å². The van der Waals surface area contributed by atoms with Crippen LogP contribution in [0.3, 0.4) is 0 Å². The summed E-state index contributed by atoms with van der Waals surface area (Å²) in [5.74, 6) is 1.72. The van der Waals surface area contributed by atoms with Crippen molar-refractivity contribution in [2.24, 2.45) is 0 Å². The molecule has 18 heavy (non-hydrogen) atoms. The molecule has 0 bridgehead atoms. The molecule has 0 atom stereocenters. The molecule has 0 saturated carbocycles. The van der Waals surface area contributed by atoms with Crippen molar-refractivity contribution in [3.05, 3.63) is 48.0 Å². The summed E-state index contributed by atoms with van der Waals surface area (Å²) >= 11 is 4.35. The molecule has 4 heteroatoms. The van der Waals surface area contributed by atoms with Crippen LogP contribution in [0.15, 0.2) is 47.4 Å². The number of rotatable bonds is 4. The maximum absolute atomic E-state index is 5.90. The minimum atomic E-state index is 0.760. The minimum Gasteiger partial charge on any atom is -0.457 e. The molecule has 0 fully saturated rings. The van der Waals surface area contributed by atoms with E-state index >= 15 is 0 Å². The quantitative estimate of drug-likeness (QED) is 0.643. The Morgan fingerprint density at radius 1 is 1.17 bits per heavy atom. The monoisotopic (exact) mass is 257 g/mol. The second kappa shape index (κ2) is 5.98. The second-order valence-electron chi connectivity index (χ2n) is 4.24. The highest BCUT2D eigenvalue weighted by atomic mass is 32.1. The summed E-state index contributed by atoms with van der Waals surface area (Å²) in [5, 5.41) is 3.13. The molecule has 0 amide bonds. The van der Waals surface area contributed by atoms with Gasteiger partial charge in [-0.05, 0) is 37.4 Å². The van der Waals surface area contributed by atoms with Gasteiger partial charge in [0.25, 0.3) is 0 Å². The molecule has 92 valence electrons. The second-order valence-corrected chi connectivity index (χ2v) is 4.75.